The molecule has 2 heterocycles. The average Bonchev–Trinajstić information content (AvgIpc) is 3.04. The molecule has 1 aromatic carbocycles. The molecule has 8 heteroatoms. The van der Waals surface area contributed by atoms with Gasteiger partial charge in [0.25, 0.3) is 5.91 Å². The van der Waals surface area contributed by atoms with Crippen molar-refractivity contribution in [3.05, 3.63) is 63.5 Å². The second kappa shape index (κ2) is 6.67. The fourth-order valence-corrected chi connectivity index (χ4v) is 2.66. The van der Waals surface area contributed by atoms with Crippen LogP contribution in [0, 0.1) is 6.92 Å². The molecule has 24 heavy (non-hydrogen) atoms. The second-order valence-corrected chi connectivity index (χ2v) is 6.25. The Morgan fingerprint density at radius 3 is 2.50 bits per heavy atom. The Morgan fingerprint density at radius 1 is 1.17 bits per heavy atom. The molecule has 0 atom stereocenters. The van der Waals surface area contributed by atoms with Crippen LogP contribution in [0.3, 0.4) is 0 Å². The Hall–Kier alpha value is -2.31. The van der Waals surface area contributed by atoms with Crippen molar-refractivity contribution < 1.29 is 4.79 Å². The summed E-state index contributed by atoms with van der Waals surface area (Å²) >= 11 is 12.0. The highest BCUT2D eigenvalue weighted by atomic mass is 35.5. The molecule has 0 saturated heterocycles. The number of anilines is 1. The van der Waals surface area contributed by atoms with Gasteiger partial charge < -0.3 is 5.32 Å². The number of amides is 1. The molecule has 0 aliphatic carbocycles. The van der Waals surface area contributed by atoms with E-state index in [0.717, 1.165) is 5.56 Å². The van der Waals surface area contributed by atoms with E-state index in [0.29, 0.717) is 33.7 Å². The highest BCUT2D eigenvalue weighted by Crippen LogP contribution is 2.21. The van der Waals surface area contributed by atoms with Crippen LogP contribution in [0.5, 0.6) is 0 Å². The first-order valence-corrected chi connectivity index (χ1v) is 7.97. The minimum Gasteiger partial charge on any atom is -0.304 e. The number of hydrogen-bond donors (Lipinski definition) is 1. The summed E-state index contributed by atoms with van der Waals surface area (Å²) < 4.78 is 3.25. The second-order valence-electron chi connectivity index (χ2n) is 5.41. The maximum absolute atomic E-state index is 12.3. The van der Waals surface area contributed by atoms with Gasteiger partial charge in [-0.15, -0.1) is 0 Å². The van der Waals surface area contributed by atoms with Gasteiger partial charge in [-0.2, -0.15) is 10.2 Å². The van der Waals surface area contributed by atoms with Crippen molar-refractivity contribution in [2.24, 2.45) is 7.05 Å². The van der Waals surface area contributed by atoms with Crippen molar-refractivity contribution in [2.75, 3.05) is 5.32 Å². The molecule has 0 fully saturated rings. The lowest BCUT2D eigenvalue weighted by molar-refractivity contribution is 0.102. The van der Waals surface area contributed by atoms with Gasteiger partial charge in [-0.1, -0.05) is 35.3 Å². The van der Waals surface area contributed by atoms with Gasteiger partial charge in [0.2, 0.25) is 0 Å². The molecule has 0 saturated carbocycles. The molecule has 0 aliphatic heterocycles. The van der Waals surface area contributed by atoms with E-state index >= 15 is 0 Å². The van der Waals surface area contributed by atoms with Gasteiger partial charge in [0.05, 0.1) is 17.8 Å². The van der Waals surface area contributed by atoms with Gasteiger partial charge in [0, 0.05) is 24.5 Å². The molecule has 0 unspecified atom stereocenters. The molecular formula is C16H15Cl2N5O. The number of aromatic nitrogens is 4. The number of hydrogen-bond acceptors (Lipinski definition) is 3. The minimum absolute atomic E-state index is 0.292. The summed E-state index contributed by atoms with van der Waals surface area (Å²) in [5.41, 5.74) is 2.16. The van der Waals surface area contributed by atoms with Crippen LogP contribution >= 0.6 is 23.2 Å². The van der Waals surface area contributed by atoms with Crippen LogP contribution in [0.15, 0.2) is 36.7 Å². The lowest BCUT2D eigenvalue weighted by Crippen LogP contribution is -2.13. The molecule has 2 aromatic heterocycles. The summed E-state index contributed by atoms with van der Waals surface area (Å²) in [6, 6.07) is 7.45. The normalized spacial score (nSPS) is 10.8. The van der Waals surface area contributed by atoms with Crippen LogP contribution < -0.4 is 5.32 Å². The fraction of sp³-hybridized carbons (Fsp3) is 0.188. The number of benzene rings is 1. The van der Waals surface area contributed by atoms with E-state index in [4.69, 9.17) is 23.2 Å². The third-order valence-corrected chi connectivity index (χ3v) is 3.99. The van der Waals surface area contributed by atoms with Gasteiger partial charge in [0.1, 0.15) is 5.02 Å². The van der Waals surface area contributed by atoms with Gasteiger partial charge in [-0.3, -0.25) is 14.2 Å². The Labute approximate surface area is 149 Å². The van der Waals surface area contributed by atoms with Crippen LogP contribution in [0.25, 0.3) is 0 Å². The Kier molecular flexibility index (Phi) is 4.59. The smallest absolute Gasteiger partial charge is 0.260 e. The van der Waals surface area contributed by atoms with Crippen molar-refractivity contribution in [2.45, 2.75) is 13.5 Å². The molecule has 3 aromatic rings. The third kappa shape index (κ3) is 3.60. The number of carbonyl (C=O) groups excluding carboxylic acids is 1. The van der Waals surface area contributed by atoms with Gasteiger partial charge >= 0.3 is 0 Å². The lowest BCUT2D eigenvalue weighted by atomic mass is 10.2. The molecule has 0 bridgehead atoms. The summed E-state index contributed by atoms with van der Waals surface area (Å²) in [6.07, 6.45) is 3.32. The zero-order chi connectivity index (χ0) is 17.3. The Morgan fingerprint density at radius 2 is 1.88 bits per heavy atom. The van der Waals surface area contributed by atoms with Crippen LogP contribution in [-0.4, -0.2) is 25.5 Å². The van der Waals surface area contributed by atoms with Crippen molar-refractivity contribution in [1.82, 2.24) is 19.6 Å². The van der Waals surface area contributed by atoms with Crippen LogP contribution in [0.4, 0.5) is 5.82 Å². The fourth-order valence-electron chi connectivity index (χ4n) is 2.34. The summed E-state index contributed by atoms with van der Waals surface area (Å²) in [4.78, 5) is 12.3. The van der Waals surface area contributed by atoms with Gasteiger partial charge in [0.15, 0.2) is 5.82 Å². The maximum Gasteiger partial charge on any atom is 0.260 e. The van der Waals surface area contributed by atoms with Crippen LogP contribution in [0.2, 0.25) is 10.0 Å². The lowest BCUT2D eigenvalue weighted by Gasteiger charge is -2.03. The summed E-state index contributed by atoms with van der Waals surface area (Å²) in [5.74, 6) is 0.0260. The largest absolute Gasteiger partial charge is 0.304 e. The molecular weight excluding hydrogens is 349 g/mol. The van der Waals surface area contributed by atoms with Crippen molar-refractivity contribution in [3.63, 3.8) is 0 Å². The third-order valence-electron chi connectivity index (χ3n) is 3.46. The first kappa shape index (κ1) is 16.5. The molecule has 1 amide bonds. The first-order chi connectivity index (χ1) is 11.4. The van der Waals surface area contributed by atoms with E-state index in [1.807, 2.05) is 24.3 Å². The van der Waals surface area contributed by atoms with Crippen molar-refractivity contribution >= 4 is 34.9 Å². The number of rotatable bonds is 4. The quantitative estimate of drug-likeness (QED) is 0.770. The zero-order valence-electron chi connectivity index (χ0n) is 13.1. The predicted octanol–water partition coefficient (Wildman–Crippen LogP) is 3.53. The molecule has 3 rings (SSSR count). The zero-order valence-corrected chi connectivity index (χ0v) is 14.6. The van der Waals surface area contributed by atoms with E-state index < -0.39 is 0 Å². The topological polar surface area (TPSA) is 64.7 Å². The maximum atomic E-state index is 12.3. The highest BCUT2D eigenvalue weighted by molar-refractivity contribution is 6.33. The monoisotopic (exact) mass is 363 g/mol. The predicted molar refractivity (Wildman–Crippen MR) is 93.7 cm³/mol. The molecule has 0 spiro atoms. The van der Waals surface area contributed by atoms with E-state index in [1.165, 1.54) is 0 Å². The molecule has 1 N–H and O–H groups in total. The SMILES string of the molecule is Cc1nn(C)cc1C(=O)Nc1nn(Cc2ccc(Cl)cc2)cc1Cl. The number of nitrogens with one attached hydrogen (secondary N) is 1. The van der Waals surface area contributed by atoms with Crippen LogP contribution in [0.1, 0.15) is 21.6 Å². The molecule has 124 valence electrons. The Bertz CT molecular complexity index is 883. The van der Waals surface area contributed by atoms with E-state index in [-0.39, 0.29) is 5.91 Å². The van der Waals surface area contributed by atoms with Crippen molar-refractivity contribution in [1.29, 1.82) is 0 Å². The van der Waals surface area contributed by atoms with Gasteiger partial charge in [-0.05, 0) is 24.6 Å². The average molecular weight is 364 g/mol. The van der Waals surface area contributed by atoms with E-state index in [1.54, 1.807) is 35.7 Å². The number of aryl methyl sites for hydroxylation is 2. The first-order valence-electron chi connectivity index (χ1n) is 7.21. The minimum atomic E-state index is -0.292. The van der Waals surface area contributed by atoms with E-state index in [9.17, 15) is 4.79 Å². The summed E-state index contributed by atoms with van der Waals surface area (Å²) in [7, 11) is 1.76. The van der Waals surface area contributed by atoms with Crippen molar-refractivity contribution in [3.8, 4) is 0 Å². The molecule has 0 radical (unpaired) electrons. The Balaban J connectivity index is 1.75. The summed E-state index contributed by atoms with van der Waals surface area (Å²) in [6.45, 7) is 2.30. The van der Waals surface area contributed by atoms with Gasteiger partial charge in [-0.25, -0.2) is 0 Å². The highest BCUT2D eigenvalue weighted by Gasteiger charge is 2.16. The number of carbonyl (C=O) groups is 1. The van der Waals surface area contributed by atoms with Crippen LogP contribution in [-0.2, 0) is 13.6 Å². The standard InChI is InChI=1S/C16H15Cl2N5O/c1-10-13(8-22(2)20-10)16(24)19-15-14(18)9-23(21-15)7-11-3-5-12(17)6-4-11/h3-6,8-9H,7H2,1-2H3,(H,19,21,24). The molecule has 6 nitrogen and oxygen atoms in total. The number of nitrogens with zero attached hydrogens (tertiary/aromatic N) is 4. The summed E-state index contributed by atoms with van der Waals surface area (Å²) in [5, 5.41) is 12.2. The number of halogens is 2. The van der Waals surface area contributed by atoms with E-state index in [2.05, 4.69) is 15.5 Å². The molecule has 0 aliphatic rings.